The maximum Gasteiger partial charge on any atom is 1.00 e. The van der Waals surface area contributed by atoms with Gasteiger partial charge >= 0.3 is 59.1 Å². The molecule has 1 unspecified atom stereocenters. The summed E-state index contributed by atoms with van der Waals surface area (Å²) < 4.78 is 6.58. The summed E-state index contributed by atoms with van der Waals surface area (Å²) in [5.74, 6) is -3.53. The predicted molar refractivity (Wildman–Crippen MR) is 25.3 cm³/mol. The van der Waals surface area contributed by atoms with Gasteiger partial charge in [-0.05, 0) is 12.8 Å². The summed E-state index contributed by atoms with van der Waals surface area (Å²) in [6.45, 7) is 0. The van der Waals surface area contributed by atoms with Crippen molar-refractivity contribution in [2.75, 3.05) is 0 Å². The van der Waals surface area contributed by atoms with Gasteiger partial charge in [-0.25, -0.2) is 0 Å². The number of carbonyl (C=O) groups excluding carboxylic acids is 2. The quantitative estimate of drug-likeness (QED) is 0.447. The van der Waals surface area contributed by atoms with Crippen molar-refractivity contribution in [2.45, 2.75) is 18.9 Å². The van der Waals surface area contributed by atoms with Crippen molar-refractivity contribution in [3.63, 3.8) is 0 Å². The molecule has 1 N–H and O–H groups in total. The summed E-state index contributed by atoms with van der Waals surface area (Å²) in [4.78, 5) is 19.6. The Morgan fingerprint density at radius 2 is 1.83 bits per heavy atom. The Bertz CT molecular complexity index is 184. The zero-order valence-corrected chi connectivity index (χ0v) is 11.0. The van der Waals surface area contributed by atoms with Crippen LogP contribution in [0.2, 0.25) is 0 Å². The normalized spacial score (nSPS) is 14.2. The second kappa shape index (κ2) is 9.98. The number of aliphatic carboxylic acids is 2. The molecule has 12 heavy (non-hydrogen) atoms. The molecule has 0 aromatic rings. The topological polar surface area (TPSA) is 100 Å². The second-order valence-electron chi connectivity index (χ2n) is 1.61. The van der Waals surface area contributed by atoms with Gasteiger partial charge in [0, 0.05) is 5.97 Å². The molecule has 0 aliphatic heterocycles. The Balaban J connectivity index is -0.000000500. The molecule has 0 aromatic carbocycles. The van der Waals surface area contributed by atoms with Crippen LogP contribution in [0.25, 0.3) is 0 Å². The van der Waals surface area contributed by atoms with Gasteiger partial charge < -0.3 is 24.9 Å². The molecule has 0 spiro atoms. The van der Waals surface area contributed by atoms with E-state index in [4.69, 9.17) is 6.48 Å². The number of carboxylic acid groups (broad SMARTS) is 2. The number of carbonyl (C=O) groups is 2. The molecule has 0 saturated carbocycles. The summed E-state index contributed by atoms with van der Waals surface area (Å²) >= 11 is 0. The molecule has 58 valence electrons. The number of carboxylic acids is 2. The third-order valence-corrected chi connectivity index (χ3v) is 0.802. The van der Waals surface area contributed by atoms with Crippen LogP contribution < -0.4 is 69.3 Å². The van der Waals surface area contributed by atoms with Crippen molar-refractivity contribution in [3.8, 4) is 0 Å². The Kier molecular flexibility index (Phi) is 12.8. The van der Waals surface area contributed by atoms with Crippen molar-refractivity contribution in [2.24, 2.45) is 0 Å². The average molecular weight is 193 g/mol. The summed E-state index contributed by atoms with van der Waals surface area (Å²) in [5.41, 5.74) is 0. The van der Waals surface area contributed by atoms with E-state index in [9.17, 15) is 19.8 Å². The Morgan fingerprint density at radius 1 is 1.42 bits per heavy atom. The maximum atomic E-state index is 9.87. The van der Waals surface area contributed by atoms with Gasteiger partial charge in [0.2, 0.25) is 0 Å². The van der Waals surface area contributed by atoms with Crippen LogP contribution in [0.3, 0.4) is 0 Å². The van der Waals surface area contributed by atoms with E-state index in [0.29, 0.717) is 0 Å². The number of hydrogen-bond acceptors (Lipinski definition) is 5. The van der Waals surface area contributed by atoms with E-state index in [2.05, 4.69) is 0 Å². The summed E-state index contributed by atoms with van der Waals surface area (Å²) in [6.07, 6.45) is -4.26. The zero-order chi connectivity index (χ0) is 9.07. The molecule has 0 aliphatic rings. The monoisotopic (exact) mass is 193 g/mol. The van der Waals surface area contributed by atoms with E-state index < -0.39 is 30.9 Å². The van der Waals surface area contributed by atoms with Crippen LogP contribution in [0.5, 0.6) is 0 Å². The zero-order valence-electron chi connectivity index (χ0n) is 7.99. The first kappa shape index (κ1) is 15.4. The summed E-state index contributed by atoms with van der Waals surface area (Å²) in [5, 5.41) is 28.2. The minimum atomic E-state index is -2.83. The number of rotatable bonds is 4. The summed E-state index contributed by atoms with van der Waals surface area (Å²) in [6, 6.07) is 0. The minimum absolute atomic E-state index is 0. The standard InChI is InChI=1S/C5H8O5.2Na/c6-3(5(9)10)1-2-4(7)8;;/h3,6H,1-2H2,(H,7,8)(H,9,10);;/q;2*+1/p-2/i3D;;. The predicted octanol–water partition coefficient (Wildman–Crippen LogP) is -9.36. The van der Waals surface area contributed by atoms with Crippen LogP contribution >= 0.6 is 0 Å². The third kappa shape index (κ3) is 10.9. The molecular formula is C5H6Na2O5. The van der Waals surface area contributed by atoms with Gasteiger partial charge in [-0.15, -0.1) is 0 Å². The fourth-order valence-corrected chi connectivity index (χ4v) is 0.323. The molecule has 0 amide bonds. The van der Waals surface area contributed by atoms with Gasteiger partial charge in [-0.3, -0.25) is 0 Å². The molecule has 0 aromatic heterocycles. The van der Waals surface area contributed by atoms with Crippen molar-refractivity contribution in [1.82, 2.24) is 0 Å². The van der Waals surface area contributed by atoms with Crippen LogP contribution in [0.4, 0.5) is 0 Å². The van der Waals surface area contributed by atoms with Crippen molar-refractivity contribution in [1.29, 1.82) is 0 Å². The molecule has 0 bridgehead atoms. The van der Waals surface area contributed by atoms with Gasteiger partial charge in [-0.2, -0.15) is 0 Å². The van der Waals surface area contributed by atoms with Crippen LogP contribution in [-0.4, -0.2) is 23.1 Å². The molecule has 0 heterocycles. The molecule has 1 atom stereocenters. The third-order valence-electron chi connectivity index (χ3n) is 0.802. The van der Waals surface area contributed by atoms with Crippen molar-refractivity contribution < 1.29 is 85.4 Å². The molecule has 0 aliphatic carbocycles. The van der Waals surface area contributed by atoms with E-state index in [1.807, 2.05) is 0 Å². The van der Waals surface area contributed by atoms with Gasteiger partial charge in [0.25, 0.3) is 0 Å². The van der Waals surface area contributed by atoms with Crippen molar-refractivity contribution >= 4 is 11.9 Å². The first-order valence-corrected chi connectivity index (χ1v) is 2.50. The van der Waals surface area contributed by atoms with E-state index >= 15 is 0 Å². The fourth-order valence-electron chi connectivity index (χ4n) is 0.323. The van der Waals surface area contributed by atoms with Crippen LogP contribution in [0, 0.1) is 0 Å². The molecular weight excluding hydrogens is 186 g/mol. The first-order chi connectivity index (χ1) is 4.86. The Morgan fingerprint density at radius 3 is 2.08 bits per heavy atom. The largest absolute Gasteiger partial charge is 1.00 e. The van der Waals surface area contributed by atoms with E-state index in [1.54, 1.807) is 0 Å². The molecule has 0 fully saturated rings. The van der Waals surface area contributed by atoms with E-state index in [-0.39, 0.29) is 59.1 Å². The maximum absolute atomic E-state index is 9.87. The fraction of sp³-hybridized carbons (Fsp3) is 0.600. The van der Waals surface area contributed by atoms with Gasteiger partial charge in [-0.1, -0.05) is 0 Å². The molecule has 5 nitrogen and oxygen atoms in total. The Labute approximate surface area is 115 Å². The van der Waals surface area contributed by atoms with E-state index in [1.165, 1.54) is 0 Å². The van der Waals surface area contributed by atoms with Gasteiger partial charge in [0.15, 0.2) is 0 Å². The summed E-state index contributed by atoms with van der Waals surface area (Å²) in [7, 11) is 0. The van der Waals surface area contributed by atoms with Gasteiger partial charge in [0.05, 0.1) is 13.4 Å². The van der Waals surface area contributed by atoms with Crippen LogP contribution in [-0.2, 0) is 9.59 Å². The molecule has 0 radical (unpaired) electrons. The van der Waals surface area contributed by atoms with Gasteiger partial charge in [0.1, 0.15) is 0 Å². The number of hydrogen-bond donors (Lipinski definition) is 1. The Hall–Kier alpha value is 0.900. The average Bonchev–Trinajstić information content (AvgIpc) is 1.84. The van der Waals surface area contributed by atoms with Crippen LogP contribution in [0.15, 0.2) is 0 Å². The second-order valence-corrected chi connectivity index (χ2v) is 1.61. The minimum Gasteiger partial charge on any atom is -0.550 e. The van der Waals surface area contributed by atoms with Crippen molar-refractivity contribution in [3.05, 3.63) is 0 Å². The molecule has 0 saturated heterocycles. The van der Waals surface area contributed by atoms with Crippen LogP contribution in [0.1, 0.15) is 14.2 Å². The number of aliphatic hydroxyl groups is 1. The molecule has 7 heteroatoms. The molecule has 0 rings (SSSR count). The first-order valence-electron chi connectivity index (χ1n) is 3.00. The smallest absolute Gasteiger partial charge is 0.550 e. The SMILES string of the molecule is [2H]C(O)(CCC(=O)[O-])C(=O)[O-].[Na+].[Na+]. The van der Waals surface area contributed by atoms with E-state index in [0.717, 1.165) is 0 Å².